The molecule has 0 spiro atoms. The molecule has 1 heterocycles. The first-order valence-electron chi connectivity index (χ1n) is 11.8. The van der Waals surface area contributed by atoms with Crippen LogP contribution in [0.15, 0.2) is 34.8 Å². The maximum atomic E-state index is 12.2. The molecule has 4 rings (SSSR count). The molecule has 0 bridgehead atoms. The molecular formula is C27H34BrNO4. The number of aldehydes is 1. The van der Waals surface area contributed by atoms with Crippen molar-refractivity contribution < 1.29 is 19.0 Å². The lowest BCUT2D eigenvalue weighted by Crippen LogP contribution is -2.43. The van der Waals surface area contributed by atoms with E-state index >= 15 is 0 Å². The van der Waals surface area contributed by atoms with Crippen molar-refractivity contribution in [2.24, 2.45) is 11.8 Å². The highest BCUT2D eigenvalue weighted by Gasteiger charge is 2.38. The molecule has 1 fully saturated rings. The Hall–Kier alpha value is -1.73. The molecule has 0 N–H and O–H groups in total. The lowest BCUT2D eigenvalue weighted by atomic mass is 9.72. The lowest BCUT2D eigenvalue weighted by molar-refractivity contribution is -0.116. The number of carbonyl (C=O) groups excluding carboxylic acids is 1. The molecule has 3 atom stereocenters. The molecule has 2 aromatic carbocycles. The number of methoxy groups -OCH3 is 1. The predicted octanol–water partition coefficient (Wildman–Crippen LogP) is 5.04. The van der Waals surface area contributed by atoms with Gasteiger partial charge in [-0.25, -0.2) is 0 Å². The van der Waals surface area contributed by atoms with Crippen LogP contribution in [0.25, 0.3) is 0 Å². The Bertz CT molecular complexity index is 973. The van der Waals surface area contributed by atoms with Crippen molar-refractivity contribution in [1.29, 1.82) is 0 Å². The van der Waals surface area contributed by atoms with E-state index in [1.807, 2.05) is 18.2 Å². The van der Waals surface area contributed by atoms with Gasteiger partial charge in [0.1, 0.15) is 18.6 Å². The summed E-state index contributed by atoms with van der Waals surface area (Å²) in [5.74, 6) is 0.978. The van der Waals surface area contributed by atoms with Gasteiger partial charge in [0.2, 0.25) is 0 Å². The van der Waals surface area contributed by atoms with Crippen molar-refractivity contribution in [3.63, 3.8) is 0 Å². The maximum absolute atomic E-state index is 12.2. The third-order valence-electron chi connectivity index (χ3n) is 7.22. The third-order valence-corrected chi connectivity index (χ3v) is 7.99. The van der Waals surface area contributed by atoms with Crippen LogP contribution in [0.2, 0.25) is 0 Å². The van der Waals surface area contributed by atoms with Gasteiger partial charge in [-0.15, -0.1) is 0 Å². The zero-order valence-corrected chi connectivity index (χ0v) is 21.4. The SMILES string of the molecule is CO[C@H]1c2c(C)c(OCc3ccccc3Br)cc(C)c2CCC1C(C=O)CN1CCOCC1. The third kappa shape index (κ3) is 5.35. The highest BCUT2D eigenvalue weighted by Crippen LogP contribution is 2.45. The Labute approximate surface area is 205 Å². The zero-order chi connectivity index (χ0) is 23.4. The number of nitrogens with zero attached hydrogens (tertiary/aromatic N) is 1. The highest BCUT2D eigenvalue weighted by molar-refractivity contribution is 9.10. The molecule has 1 aliphatic heterocycles. The Morgan fingerprint density at radius 2 is 2.00 bits per heavy atom. The maximum Gasteiger partial charge on any atom is 0.124 e. The van der Waals surface area contributed by atoms with Gasteiger partial charge in [0.25, 0.3) is 0 Å². The second-order valence-corrected chi connectivity index (χ2v) is 10.0. The van der Waals surface area contributed by atoms with E-state index in [0.29, 0.717) is 6.61 Å². The van der Waals surface area contributed by atoms with E-state index in [2.05, 4.69) is 46.8 Å². The molecule has 0 aromatic heterocycles. The number of morpholine rings is 1. The average molecular weight is 516 g/mol. The summed E-state index contributed by atoms with van der Waals surface area (Å²) < 4.78 is 18.9. The van der Waals surface area contributed by atoms with Gasteiger partial charge in [-0.05, 0) is 61.1 Å². The summed E-state index contributed by atoms with van der Waals surface area (Å²) >= 11 is 3.61. The number of benzene rings is 2. The fourth-order valence-corrected chi connectivity index (χ4v) is 5.77. The van der Waals surface area contributed by atoms with Gasteiger partial charge in [-0.2, -0.15) is 0 Å². The van der Waals surface area contributed by atoms with Crippen molar-refractivity contribution in [1.82, 2.24) is 4.90 Å². The molecule has 178 valence electrons. The van der Waals surface area contributed by atoms with E-state index in [0.717, 1.165) is 73.3 Å². The molecule has 0 amide bonds. The second-order valence-electron chi connectivity index (χ2n) is 9.16. The number of halogens is 1. The minimum absolute atomic E-state index is 0.0641. The number of hydrogen-bond donors (Lipinski definition) is 0. The molecule has 0 radical (unpaired) electrons. The lowest BCUT2D eigenvalue weighted by Gasteiger charge is -2.39. The predicted molar refractivity (Wildman–Crippen MR) is 133 cm³/mol. The number of ether oxygens (including phenoxy) is 3. The van der Waals surface area contributed by atoms with Crippen molar-refractivity contribution >= 4 is 22.2 Å². The van der Waals surface area contributed by atoms with Crippen LogP contribution in [0.3, 0.4) is 0 Å². The van der Waals surface area contributed by atoms with Crippen LogP contribution in [0.1, 0.15) is 40.3 Å². The first-order valence-corrected chi connectivity index (χ1v) is 12.6. The molecule has 2 aromatic rings. The molecule has 0 saturated carbocycles. The highest BCUT2D eigenvalue weighted by atomic mass is 79.9. The van der Waals surface area contributed by atoms with Gasteiger partial charge in [0, 0.05) is 48.6 Å². The number of aryl methyl sites for hydroxylation is 1. The van der Waals surface area contributed by atoms with Crippen molar-refractivity contribution in [2.45, 2.75) is 39.4 Å². The van der Waals surface area contributed by atoms with E-state index < -0.39 is 0 Å². The number of carbonyl (C=O) groups is 1. The van der Waals surface area contributed by atoms with Crippen molar-refractivity contribution in [3.8, 4) is 5.75 Å². The summed E-state index contributed by atoms with van der Waals surface area (Å²) in [6.45, 7) is 8.79. The van der Waals surface area contributed by atoms with Crippen LogP contribution in [0.5, 0.6) is 5.75 Å². The van der Waals surface area contributed by atoms with E-state index in [-0.39, 0.29) is 17.9 Å². The van der Waals surface area contributed by atoms with Gasteiger partial charge < -0.3 is 19.0 Å². The summed E-state index contributed by atoms with van der Waals surface area (Å²) in [5.41, 5.74) is 6.02. The summed E-state index contributed by atoms with van der Waals surface area (Å²) in [7, 11) is 1.77. The van der Waals surface area contributed by atoms with Crippen LogP contribution in [0.4, 0.5) is 0 Å². The molecule has 2 aliphatic rings. The van der Waals surface area contributed by atoms with E-state index in [9.17, 15) is 4.79 Å². The van der Waals surface area contributed by atoms with Crippen molar-refractivity contribution in [3.05, 3.63) is 62.6 Å². The molecule has 2 unspecified atom stereocenters. The van der Waals surface area contributed by atoms with Crippen LogP contribution >= 0.6 is 15.9 Å². The first kappa shape index (κ1) is 24.4. The molecule has 5 nitrogen and oxygen atoms in total. The Morgan fingerprint density at radius 3 is 2.70 bits per heavy atom. The van der Waals surface area contributed by atoms with E-state index in [4.69, 9.17) is 14.2 Å². The average Bonchev–Trinajstić information content (AvgIpc) is 2.84. The zero-order valence-electron chi connectivity index (χ0n) is 19.8. The van der Waals surface area contributed by atoms with E-state index in [1.165, 1.54) is 16.7 Å². The summed E-state index contributed by atoms with van der Waals surface area (Å²) in [5, 5.41) is 0. The van der Waals surface area contributed by atoms with E-state index in [1.54, 1.807) is 7.11 Å². The van der Waals surface area contributed by atoms with Crippen LogP contribution in [-0.2, 0) is 27.3 Å². The minimum Gasteiger partial charge on any atom is -0.489 e. The van der Waals surface area contributed by atoms with Crippen molar-refractivity contribution in [2.75, 3.05) is 40.0 Å². The number of hydrogen-bond acceptors (Lipinski definition) is 5. The largest absolute Gasteiger partial charge is 0.489 e. The van der Waals surface area contributed by atoms with Gasteiger partial charge in [-0.1, -0.05) is 34.1 Å². The molecule has 1 saturated heterocycles. The van der Waals surface area contributed by atoms with Gasteiger partial charge in [0.15, 0.2) is 0 Å². The van der Waals surface area contributed by atoms with Crippen LogP contribution < -0.4 is 4.74 Å². The molecule has 1 aliphatic carbocycles. The summed E-state index contributed by atoms with van der Waals surface area (Å²) in [6.07, 6.45) is 2.95. The summed E-state index contributed by atoms with van der Waals surface area (Å²) in [4.78, 5) is 14.6. The normalized spacial score (nSPS) is 21.9. The monoisotopic (exact) mass is 515 g/mol. The molecular weight excluding hydrogens is 482 g/mol. The Kier molecular flexibility index (Phi) is 8.23. The fraction of sp³-hybridized carbons (Fsp3) is 0.519. The molecule has 6 heteroatoms. The topological polar surface area (TPSA) is 48.0 Å². The van der Waals surface area contributed by atoms with Crippen LogP contribution in [-0.4, -0.2) is 51.1 Å². The first-order chi connectivity index (χ1) is 16.0. The Morgan fingerprint density at radius 1 is 1.24 bits per heavy atom. The molecule has 33 heavy (non-hydrogen) atoms. The quantitative estimate of drug-likeness (QED) is 0.460. The number of fused-ring (bicyclic) bond motifs is 1. The van der Waals surface area contributed by atoms with Gasteiger partial charge in [-0.3, -0.25) is 4.90 Å². The van der Waals surface area contributed by atoms with Crippen LogP contribution in [0, 0.1) is 25.7 Å². The van der Waals surface area contributed by atoms with Gasteiger partial charge >= 0.3 is 0 Å². The second kappa shape index (κ2) is 11.1. The summed E-state index contributed by atoms with van der Waals surface area (Å²) in [6, 6.07) is 10.3. The number of rotatable bonds is 8. The fourth-order valence-electron chi connectivity index (χ4n) is 5.37. The smallest absolute Gasteiger partial charge is 0.124 e. The van der Waals surface area contributed by atoms with Gasteiger partial charge in [0.05, 0.1) is 19.3 Å². The minimum atomic E-state index is -0.115. The Balaban J connectivity index is 1.59. The standard InChI is InChI=1S/C27H34BrNO4/c1-18-14-25(33-17-20-6-4-5-7-24(20)28)19(2)26-22(18)8-9-23(27(26)31-3)21(16-30)15-29-10-12-32-13-11-29/h4-7,14,16,21,23,27H,8-13,15,17H2,1-3H3/t21?,23?,27-/m1/s1.